The van der Waals surface area contributed by atoms with Gasteiger partial charge in [-0.2, -0.15) is 5.10 Å². The van der Waals surface area contributed by atoms with Crippen LogP contribution in [0.4, 0.5) is 15.9 Å². The number of carbonyl (C=O) groups is 2. The van der Waals surface area contributed by atoms with Gasteiger partial charge in [-0.25, -0.2) is 4.39 Å². The highest BCUT2D eigenvalue weighted by Crippen LogP contribution is 2.38. The summed E-state index contributed by atoms with van der Waals surface area (Å²) >= 11 is 6.44. The maximum atomic E-state index is 13.4. The van der Waals surface area contributed by atoms with Crippen LogP contribution >= 0.6 is 11.6 Å². The summed E-state index contributed by atoms with van der Waals surface area (Å²) < 4.78 is 36.7. The second-order valence-corrected chi connectivity index (χ2v) is 15.0. The molecule has 2 saturated heterocycles. The summed E-state index contributed by atoms with van der Waals surface area (Å²) in [5.41, 5.74) is 3.02. The number of piperazine rings is 1. The maximum Gasteiger partial charge on any atom is 0.313 e. The molecule has 0 unspecified atom stereocenters. The van der Waals surface area contributed by atoms with Crippen LogP contribution in [0.5, 0.6) is 17.2 Å². The minimum atomic E-state index is -0.772. The first-order valence-electron chi connectivity index (χ1n) is 20.6. The van der Waals surface area contributed by atoms with E-state index in [4.69, 9.17) is 40.7 Å². The number of allylic oxidation sites excluding steroid dienone is 6. The highest BCUT2D eigenvalue weighted by Gasteiger charge is 2.28. The molecule has 14 heteroatoms. The molecular formula is C46H54ClFN6O6. The van der Waals surface area contributed by atoms with E-state index in [1.54, 1.807) is 31.4 Å². The first-order chi connectivity index (χ1) is 29.3. The van der Waals surface area contributed by atoms with Gasteiger partial charge in [0, 0.05) is 62.1 Å². The first kappa shape index (κ1) is 44.1. The van der Waals surface area contributed by atoms with E-state index < -0.39 is 11.8 Å². The predicted octanol–water partition coefficient (Wildman–Crippen LogP) is 7.80. The van der Waals surface area contributed by atoms with E-state index in [0.29, 0.717) is 68.0 Å². The van der Waals surface area contributed by atoms with E-state index in [9.17, 15) is 14.0 Å². The summed E-state index contributed by atoms with van der Waals surface area (Å²) in [5.74, 6) is 0.555. The van der Waals surface area contributed by atoms with E-state index in [1.165, 1.54) is 23.1 Å². The fourth-order valence-corrected chi connectivity index (χ4v) is 7.31. The largest absolute Gasteiger partial charge is 0.493 e. The van der Waals surface area contributed by atoms with Crippen molar-refractivity contribution < 1.29 is 32.9 Å². The number of fused-ring (bicyclic) bond motifs is 1. The fraction of sp³-hybridized carbons (Fsp3) is 0.391. The lowest BCUT2D eigenvalue weighted by Crippen LogP contribution is -2.51. The van der Waals surface area contributed by atoms with Crippen LogP contribution in [0.2, 0.25) is 5.02 Å². The number of amides is 2. The number of benzene rings is 3. The van der Waals surface area contributed by atoms with Gasteiger partial charge in [-0.15, -0.1) is 5.10 Å². The second-order valence-electron chi connectivity index (χ2n) is 14.6. The molecule has 0 saturated carbocycles. The molecule has 0 bridgehead atoms. The van der Waals surface area contributed by atoms with E-state index in [-0.39, 0.29) is 17.4 Å². The fourth-order valence-electron chi connectivity index (χ4n) is 7.08. The summed E-state index contributed by atoms with van der Waals surface area (Å²) in [6.07, 6.45) is 13.8. The normalized spacial score (nSPS) is 15.2. The standard InChI is InChI=1S/C46H54ClFN6O6/c1-4-6-7-11-33(10-5-2)28-40-37-30-42(57-3)43(59-25-9-8-18-52-23-26-58-27-24-52)31-38(37)44(51-50-40)53-19-21-54(22-20-53)46(56)45(55)49-36-16-17-41(39(47)29-36)60-32-34-12-14-35(48)15-13-34/h5-7,10-17,29-31H,4,8-9,18-28,32H2,1-3H3,(H,49,55)/b7-6+,10-5-,33-11+. The number of nitrogens with zero attached hydrogens (tertiary/aromatic N) is 5. The van der Waals surface area contributed by atoms with Crippen LogP contribution < -0.4 is 24.4 Å². The lowest BCUT2D eigenvalue weighted by molar-refractivity contribution is -0.143. The number of carbonyl (C=O) groups excluding carboxylic acids is 2. The van der Waals surface area contributed by atoms with E-state index >= 15 is 0 Å². The number of aromatic nitrogens is 2. The lowest BCUT2D eigenvalue weighted by Gasteiger charge is -2.35. The Bertz CT molecular complexity index is 2170. The average molecular weight is 841 g/mol. The molecule has 2 aliphatic rings. The first-order valence-corrected chi connectivity index (χ1v) is 20.9. The van der Waals surface area contributed by atoms with Gasteiger partial charge < -0.3 is 34.1 Å². The molecule has 0 atom stereocenters. The van der Waals surface area contributed by atoms with Crippen LogP contribution in [0.3, 0.4) is 0 Å². The topological polar surface area (TPSA) is 119 Å². The molecule has 12 nitrogen and oxygen atoms in total. The van der Waals surface area contributed by atoms with Crippen LogP contribution in [-0.4, -0.2) is 105 Å². The Morgan fingerprint density at radius 2 is 1.68 bits per heavy atom. The molecule has 0 aliphatic carbocycles. The molecule has 0 spiro atoms. The Labute approximate surface area is 356 Å². The van der Waals surface area contributed by atoms with Crippen molar-refractivity contribution in [3.8, 4) is 17.2 Å². The van der Waals surface area contributed by atoms with Crippen LogP contribution in [0.25, 0.3) is 10.8 Å². The molecule has 1 aromatic heterocycles. The molecule has 0 radical (unpaired) electrons. The quantitative estimate of drug-likeness (QED) is 0.0642. The van der Waals surface area contributed by atoms with Crippen molar-refractivity contribution in [1.82, 2.24) is 20.0 Å². The number of rotatable bonds is 17. The molecule has 6 rings (SSSR count). The van der Waals surface area contributed by atoms with Crippen molar-refractivity contribution in [3.63, 3.8) is 0 Å². The van der Waals surface area contributed by atoms with Gasteiger partial charge in [0.1, 0.15) is 18.2 Å². The van der Waals surface area contributed by atoms with Crippen molar-refractivity contribution >= 4 is 45.7 Å². The lowest BCUT2D eigenvalue weighted by atomic mass is 10.0. The number of unbranched alkanes of at least 4 members (excludes halogenated alkanes) is 1. The second kappa shape index (κ2) is 22.2. The zero-order chi connectivity index (χ0) is 42.3. The predicted molar refractivity (Wildman–Crippen MR) is 234 cm³/mol. The van der Waals surface area contributed by atoms with Crippen LogP contribution in [0.15, 0.2) is 90.6 Å². The third kappa shape index (κ3) is 12.0. The van der Waals surface area contributed by atoms with E-state index in [2.05, 4.69) is 46.3 Å². The Kier molecular flexibility index (Phi) is 16.3. The zero-order valence-electron chi connectivity index (χ0n) is 34.6. The van der Waals surface area contributed by atoms with Crippen molar-refractivity contribution in [2.45, 2.75) is 46.1 Å². The molecule has 3 heterocycles. The third-order valence-electron chi connectivity index (χ3n) is 10.3. The Morgan fingerprint density at radius 1 is 0.917 bits per heavy atom. The van der Waals surface area contributed by atoms with Gasteiger partial charge in [-0.05, 0) is 86.3 Å². The molecule has 60 heavy (non-hydrogen) atoms. The number of morpholine rings is 1. The van der Waals surface area contributed by atoms with Gasteiger partial charge in [-0.3, -0.25) is 14.5 Å². The Balaban J connectivity index is 1.14. The summed E-state index contributed by atoms with van der Waals surface area (Å²) in [6.45, 7) is 10.8. The highest BCUT2D eigenvalue weighted by molar-refractivity contribution is 6.40. The van der Waals surface area contributed by atoms with Crippen molar-refractivity contribution in [2.24, 2.45) is 0 Å². The van der Waals surface area contributed by atoms with Gasteiger partial charge in [0.15, 0.2) is 17.3 Å². The minimum absolute atomic E-state index is 0.187. The molecular weight excluding hydrogens is 787 g/mol. The van der Waals surface area contributed by atoms with Crippen LogP contribution in [0, 0.1) is 5.82 Å². The SMILES string of the molecule is C\C=C/C(=C\C=C\CC)Cc1nnc(N2CCN(C(=O)C(=O)Nc3ccc(OCc4ccc(F)cc4)c(Cl)c3)CC2)c2cc(OCCCCN3CCOCC3)c(OC)cc12. The number of halogens is 2. The number of hydrogen-bond donors (Lipinski definition) is 1. The molecule has 3 aromatic carbocycles. The van der Waals surface area contributed by atoms with Crippen molar-refractivity contribution in [1.29, 1.82) is 0 Å². The number of hydrogen-bond acceptors (Lipinski definition) is 10. The van der Waals surface area contributed by atoms with Crippen LogP contribution in [0.1, 0.15) is 44.4 Å². The average Bonchev–Trinajstić information content (AvgIpc) is 3.26. The number of anilines is 2. The van der Waals surface area contributed by atoms with Gasteiger partial charge in [-0.1, -0.05) is 61.0 Å². The summed E-state index contributed by atoms with van der Waals surface area (Å²) in [5, 5.41) is 14.2. The maximum absolute atomic E-state index is 13.4. The van der Waals surface area contributed by atoms with Gasteiger partial charge >= 0.3 is 11.8 Å². The smallest absolute Gasteiger partial charge is 0.313 e. The summed E-state index contributed by atoms with van der Waals surface area (Å²) in [6, 6.07) is 14.7. The van der Waals surface area contributed by atoms with E-state index in [0.717, 1.165) is 79.7 Å². The van der Waals surface area contributed by atoms with Gasteiger partial charge in [0.05, 0.1) is 37.6 Å². The number of nitrogens with one attached hydrogen (secondary N) is 1. The van der Waals surface area contributed by atoms with Crippen molar-refractivity contribution in [2.75, 3.05) is 83.0 Å². The van der Waals surface area contributed by atoms with Crippen molar-refractivity contribution in [3.05, 3.63) is 113 Å². The Morgan fingerprint density at radius 3 is 2.40 bits per heavy atom. The van der Waals surface area contributed by atoms with Gasteiger partial charge in [0.25, 0.3) is 0 Å². The summed E-state index contributed by atoms with van der Waals surface area (Å²) in [4.78, 5) is 32.6. The third-order valence-corrected chi connectivity index (χ3v) is 10.6. The molecule has 4 aromatic rings. The molecule has 2 amide bonds. The Hall–Kier alpha value is -5.50. The molecule has 318 valence electrons. The van der Waals surface area contributed by atoms with Gasteiger partial charge in [0.2, 0.25) is 0 Å². The minimum Gasteiger partial charge on any atom is -0.493 e. The highest BCUT2D eigenvalue weighted by atomic mass is 35.5. The molecule has 2 fully saturated rings. The van der Waals surface area contributed by atoms with E-state index in [1.807, 2.05) is 25.1 Å². The molecule has 1 N–H and O–H groups in total. The summed E-state index contributed by atoms with van der Waals surface area (Å²) in [7, 11) is 1.64. The monoisotopic (exact) mass is 840 g/mol. The number of ether oxygens (including phenoxy) is 4. The van der Waals surface area contributed by atoms with Crippen LogP contribution in [-0.2, 0) is 27.4 Å². The zero-order valence-corrected chi connectivity index (χ0v) is 35.4. The molecule has 2 aliphatic heterocycles. The number of methoxy groups -OCH3 is 1.